The van der Waals surface area contributed by atoms with Crippen molar-refractivity contribution in [3.8, 4) is 11.3 Å². The highest BCUT2D eigenvalue weighted by atomic mass is 16.3. The monoisotopic (exact) mass is 474 g/mol. The lowest BCUT2D eigenvalue weighted by Crippen LogP contribution is -2.38. The van der Waals surface area contributed by atoms with Crippen LogP contribution in [-0.2, 0) is 6.54 Å². The van der Waals surface area contributed by atoms with Crippen molar-refractivity contribution in [2.24, 2.45) is 11.8 Å². The van der Waals surface area contributed by atoms with Crippen molar-refractivity contribution in [2.75, 3.05) is 12.3 Å². The van der Waals surface area contributed by atoms with Crippen molar-refractivity contribution in [1.29, 1.82) is 0 Å². The number of aryl methyl sites for hydroxylation is 1. The van der Waals surface area contributed by atoms with E-state index in [0.717, 1.165) is 22.3 Å². The highest BCUT2D eigenvalue weighted by molar-refractivity contribution is 6.04. The Morgan fingerprint density at radius 3 is 2.80 bits per heavy atom. The number of amides is 2. The van der Waals surface area contributed by atoms with E-state index in [0.29, 0.717) is 43.2 Å². The smallest absolute Gasteiger partial charge is 0.258 e. The molecule has 2 fully saturated rings. The number of fused-ring (bicyclic) bond motifs is 2. The summed E-state index contributed by atoms with van der Waals surface area (Å²) in [6.07, 6.45) is 5.28. The van der Waals surface area contributed by atoms with Gasteiger partial charge < -0.3 is 21.1 Å². The van der Waals surface area contributed by atoms with Crippen LogP contribution in [0.25, 0.3) is 16.9 Å². The molecule has 0 saturated heterocycles. The molecule has 1 aromatic carbocycles. The fourth-order valence-corrected chi connectivity index (χ4v) is 5.52. The quantitative estimate of drug-likeness (QED) is 0.504. The van der Waals surface area contributed by atoms with Crippen LogP contribution in [0.15, 0.2) is 24.4 Å². The van der Waals surface area contributed by atoms with Crippen LogP contribution in [0.4, 0.5) is 5.82 Å². The van der Waals surface area contributed by atoms with E-state index in [1.54, 1.807) is 6.20 Å². The van der Waals surface area contributed by atoms with Crippen molar-refractivity contribution in [3.63, 3.8) is 0 Å². The molecule has 182 valence electrons. The maximum atomic E-state index is 13.1. The van der Waals surface area contributed by atoms with Gasteiger partial charge in [0.25, 0.3) is 11.8 Å². The zero-order valence-electron chi connectivity index (χ0n) is 20.0. The number of rotatable bonds is 6. The minimum absolute atomic E-state index is 0.119. The number of nitrogen functional groups attached to an aromatic ring is 1. The number of carbonyl (C=O) groups is 2. The minimum atomic E-state index is -0.316. The van der Waals surface area contributed by atoms with E-state index in [-0.39, 0.29) is 41.3 Å². The first-order chi connectivity index (χ1) is 16.8. The van der Waals surface area contributed by atoms with Crippen molar-refractivity contribution < 1.29 is 14.7 Å². The molecule has 2 aliphatic carbocycles. The van der Waals surface area contributed by atoms with Gasteiger partial charge in [-0.25, -0.2) is 9.50 Å². The molecule has 1 atom stereocenters. The second-order valence-corrected chi connectivity index (χ2v) is 10.4. The average Bonchev–Trinajstić information content (AvgIpc) is 3.52. The molecule has 2 aromatic heterocycles. The summed E-state index contributed by atoms with van der Waals surface area (Å²) in [5.74, 6) is 0.821. The zero-order valence-corrected chi connectivity index (χ0v) is 20.0. The topological polar surface area (TPSA) is 126 Å². The molecule has 4 N–H and O–H groups in total. The number of hydrogen-bond donors (Lipinski definition) is 3. The number of nitrogens with two attached hydrogens (primary N) is 1. The Morgan fingerprint density at radius 2 is 2.09 bits per heavy atom. The van der Waals surface area contributed by atoms with E-state index in [1.165, 1.54) is 17.4 Å². The van der Waals surface area contributed by atoms with Crippen molar-refractivity contribution in [3.05, 3.63) is 46.6 Å². The molecule has 1 unspecified atom stereocenters. The maximum absolute atomic E-state index is 13.1. The number of aliphatic hydroxyl groups excluding tert-OH is 1. The summed E-state index contributed by atoms with van der Waals surface area (Å²) >= 11 is 0. The number of hydrogen-bond acceptors (Lipinski definition) is 6. The van der Waals surface area contributed by atoms with Crippen LogP contribution in [-0.4, -0.2) is 55.1 Å². The van der Waals surface area contributed by atoms with Crippen molar-refractivity contribution >= 4 is 23.3 Å². The molecule has 1 aliphatic heterocycles. The van der Waals surface area contributed by atoms with Gasteiger partial charge >= 0.3 is 0 Å². The largest absolute Gasteiger partial charge is 0.393 e. The molecule has 35 heavy (non-hydrogen) atoms. The van der Waals surface area contributed by atoms with E-state index in [4.69, 9.17) is 10.7 Å². The Morgan fingerprint density at radius 1 is 1.31 bits per heavy atom. The third kappa shape index (κ3) is 3.74. The number of benzene rings is 1. The van der Waals surface area contributed by atoms with E-state index in [1.807, 2.05) is 30.0 Å². The second-order valence-electron chi connectivity index (χ2n) is 10.4. The molecule has 3 aliphatic rings. The number of aliphatic hydroxyl groups is 1. The summed E-state index contributed by atoms with van der Waals surface area (Å²) in [7, 11) is 0. The Balaban J connectivity index is 1.30. The molecule has 9 heteroatoms. The molecule has 3 aromatic rings. The molecular formula is C26H30N6O3. The first kappa shape index (κ1) is 22.0. The maximum Gasteiger partial charge on any atom is 0.258 e. The second kappa shape index (κ2) is 8.05. The summed E-state index contributed by atoms with van der Waals surface area (Å²) in [5.41, 5.74) is 11.1. The lowest BCUT2D eigenvalue weighted by molar-refractivity contribution is 0.0420. The summed E-state index contributed by atoms with van der Waals surface area (Å²) in [5, 5.41) is 16.6. The molecule has 0 spiro atoms. The average molecular weight is 475 g/mol. The molecule has 3 heterocycles. The number of nitrogens with one attached hydrogen (secondary N) is 1. The molecule has 0 bridgehead atoms. The van der Waals surface area contributed by atoms with Crippen LogP contribution in [0.1, 0.15) is 64.4 Å². The first-order valence-corrected chi connectivity index (χ1v) is 12.4. The van der Waals surface area contributed by atoms with Gasteiger partial charge in [-0.1, -0.05) is 0 Å². The fourth-order valence-electron chi connectivity index (χ4n) is 5.52. The van der Waals surface area contributed by atoms with Gasteiger partial charge in [-0.15, -0.1) is 5.10 Å². The lowest BCUT2D eigenvalue weighted by atomic mass is 9.82. The van der Waals surface area contributed by atoms with Crippen LogP contribution < -0.4 is 11.1 Å². The van der Waals surface area contributed by atoms with E-state index in [2.05, 4.69) is 17.3 Å². The minimum Gasteiger partial charge on any atom is -0.393 e. The molecule has 2 amide bonds. The number of anilines is 1. The predicted molar refractivity (Wildman–Crippen MR) is 131 cm³/mol. The normalized spacial score (nSPS) is 22.3. The first-order valence-electron chi connectivity index (χ1n) is 12.4. The van der Waals surface area contributed by atoms with Gasteiger partial charge in [0.05, 0.1) is 11.8 Å². The summed E-state index contributed by atoms with van der Waals surface area (Å²) in [6, 6.07) is 6.13. The van der Waals surface area contributed by atoms with Crippen molar-refractivity contribution in [2.45, 2.75) is 58.2 Å². The molecule has 2 saturated carbocycles. The van der Waals surface area contributed by atoms with E-state index in [9.17, 15) is 14.7 Å². The van der Waals surface area contributed by atoms with Crippen LogP contribution in [0, 0.1) is 18.8 Å². The third-order valence-electron chi connectivity index (χ3n) is 7.83. The van der Waals surface area contributed by atoms with Crippen LogP contribution in [0.3, 0.4) is 0 Å². The van der Waals surface area contributed by atoms with Gasteiger partial charge in [0.15, 0.2) is 11.5 Å². The van der Waals surface area contributed by atoms with Gasteiger partial charge in [0.1, 0.15) is 5.56 Å². The molecule has 0 radical (unpaired) electrons. The molecular weight excluding hydrogens is 444 g/mol. The van der Waals surface area contributed by atoms with Gasteiger partial charge in [-0.05, 0) is 80.7 Å². The zero-order chi connectivity index (χ0) is 24.4. The molecule has 6 rings (SSSR count). The Hall–Kier alpha value is -3.46. The van der Waals surface area contributed by atoms with E-state index >= 15 is 0 Å². The number of carbonyl (C=O) groups excluding carboxylic acids is 2. The summed E-state index contributed by atoms with van der Waals surface area (Å²) in [4.78, 5) is 32.8. The van der Waals surface area contributed by atoms with E-state index < -0.39 is 0 Å². The fraction of sp³-hybridized carbons (Fsp3) is 0.462. The SMILES string of the molecule is Cc1cc(-c2ccn3nc(N)c(C(=O)NCC4CC(O)C4)c3n2)cc2c1C(=O)N(C(C)C1CC1)C2. The van der Waals surface area contributed by atoms with Crippen LogP contribution in [0.5, 0.6) is 0 Å². The highest BCUT2D eigenvalue weighted by Gasteiger charge is 2.39. The Bertz CT molecular complexity index is 1350. The van der Waals surface area contributed by atoms with Gasteiger partial charge in [-0.3, -0.25) is 9.59 Å². The Kier molecular flexibility index (Phi) is 5.07. The van der Waals surface area contributed by atoms with Crippen molar-refractivity contribution in [1.82, 2.24) is 24.8 Å². The summed E-state index contributed by atoms with van der Waals surface area (Å²) in [6.45, 7) is 5.22. The lowest BCUT2D eigenvalue weighted by Gasteiger charge is -2.31. The van der Waals surface area contributed by atoms with Gasteiger partial charge in [0.2, 0.25) is 0 Å². The van der Waals surface area contributed by atoms with Gasteiger partial charge in [-0.2, -0.15) is 0 Å². The van der Waals surface area contributed by atoms with Gasteiger partial charge in [0, 0.05) is 36.5 Å². The standard InChI is InChI=1S/C26H30N6O3/c1-13-7-17(10-18-12-31(26(35)21(13)18)14(2)16-3-4-16)20-5-6-32-24(29-20)22(23(27)30-32)25(34)28-11-15-8-19(33)9-15/h5-7,10,14-16,19,33H,3-4,8-9,11-12H2,1-2H3,(H2,27,30)(H,28,34). The predicted octanol–water partition coefficient (Wildman–Crippen LogP) is 2.54. The molecule has 9 nitrogen and oxygen atoms in total. The summed E-state index contributed by atoms with van der Waals surface area (Å²) < 4.78 is 1.52. The number of aromatic nitrogens is 3. The third-order valence-corrected chi connectivity index (χ3v) is 7.83. The Labute approximate surface area is 203 Å². The van der Waals surface area contributed by atoms with Crippen LogP contribution >= 0.6 is 0 Å². The highest BCUT2D eigenvalue weighted by Crippen LogP contribution is 2.39. The number of nitrogens with zero attached hydrogens (tertiary/aromatic N) is 4. The van der Waals surface area contributed by atoms with Crippen LogP contribution in [0.2, 0.25) is 0 Å².